The number of hydroxylamine groups is 2. The molecule has 55 heavy (non-hydrogen) atoms. The van der Waals surface area contributed by atoms with Gasteiger partial charge in [-0.1, -0.05) is 75.9 Å². The van der Waals surface area contributed by atoms with E-state index in [1.165, 1.54) is 11.0 Å². The first-order valence-electron chi connectivity index (χ1n) is 19.8. The lowest BCUT2D eigenvalue weighted by Gasteiger charge is -2.48. The Balaban J connectivity index is 1.30. The molecule has 0 unspecified atom stereocenters. The molecular formula is C42H56N4O9. The van der Waals surface area contributed by atoms with Gasteiger partial charge in [-0.25, -0.2) is 0 Å². The number of benzene rings is 2. The fourth-order valence-corrected chi connectivity index (χ4v) is 8.37. The lowest BCUT2D eigenvalue weighted by molar-refractivity contribution is -0.224. The quantitative estimate of drug-likeness (QED) is 0.114. The Bertz CT molecular complexity index is 1700. The van der Waals surface area contributed by atoms with Crippen molar-refractivity contribution in [3.63, 3.8) is 0 Å². The Morgan fingerprint density at radius 2 is 1.65 bits per heavy atom. The molecule has 3 amide bonds. The van der Waals surface area contributed by atoms with Crippen LogP contribution in [-0.2, 0) is 46.5 Å². The zero-order chi connectivity index (χ0) is 39.2. The second-order valence-corrected chi connectivity index (χ2v) is 15.4. The highest BCUT2D eigenvalue weighted by Gasteiger charge is 2.76. The highest BCUT2D eigenvalue weighted by molar-refractivity contribution is 5.95. The van der Waals surface area contributed by atoms with E-state index >= 15 is 0 Å². The number of carbonyl (C=O) groups excluding carboxylic acids is 4. The second kappa shape index (κ2) is 17.8. The first-order valence-corrected chi connectivity index (χ1v) is 19.8. The van der Waals surface area contributed by atoms with Crippen LogP contribution in [0.1, 0.15) is 98.7 Å². The number of aliphatic hydroxyl groups is 1. The van der Waals surface area contributed by atoms with Crippen LogP contribution in [0.5, 0.6) is 0 Å². The molecule has 13 heteroatoms. The van der Waals surface area contributed by atoms with Gasteiger partial charge in [-0.15, -0.1) is 0 Å². The van der Waals surface area contributed by atoms with Gasteiger partial charge >= 0.3 is 5.97 Å². The van der Waals surface area contributed by atoms with E-state index in [4.69, 9.17) is 24.2 Å². The van der Waals surface area contributed by atoms with Crippen LogP contribution < -0.4 is 10.6 Å². The summed E-state index contributed by atoms with van der Waals surface area (Å²) >= 11 is 0. The molecule has 4 fully saturated rings. The van der Waals surface area contributed by atoms with Gasteiger partial charge in [0.25, 0.3) is 5.91 Å². The maximum absolute atomic E-state index is 14.8. The molecule has 0 aromatic heterocycles. The fourth-order valence-electron chi connectivity index (χ4n) is 8.37. The monoisotopic (exact) mass is 760 g/mol. The number of aliphatic hydroxyl groups excluding tert-OH is 1. The third-order valence-corrected chi connectivity index (χ3v) is 11.2. The molecule has 4 aliphatic rings. The van der Waals surface area contributed by atoms with Crippen molar-refractivity contribution in [2.24, 2.45) is 5.41 Å². The van der Waals surface area contributed by atoms with Gasteiger partial charge in [0.2, 0.25) is 11.8 Å². The molecule has 13 nitrogen and oxygen atoms in total. The molecule has 1 aliphatic carbocycles. The van der Waals surface area contributed by atoms with Crippen molar-refractivity contribution < 1.29 is 43.3 Å². The third kappa shape index (κ3) is 8.66. The molecule has 0 radical (unpaired) electrons. The summed E-state index contributed by atoms with van der Waals surface area (Å²) in [5.74, 6) is -2.23. The molecule has 298 valence electrons. The van der Waals surface area contributed by atoms with E-state index in [0.717, 1.165) is 49.7 Å². The molecule has 0 spiro atoms. The van der Waals surface area contributed by atoms with Crippen molar-refractivity contribution in [3.05, 3.63) is 76.9 Å². The van der Waals surface area contributed by atoms with Gasteiger partial charge in [-0.2, -0.15) is 5.06 Å². The SMILES string of the molecule is CCCCCC1(CCCCC)O[C@@H]2[C@H](O1)[C@H]1ON(Cc3ccc(C=CC(=O)N(C)C)cc3)[C@@H]3C(=O)O[C@@H]2C[C@]13C(=O)NCc1cccc(C(=O)NCCO)c1. The maximum Gasteiger partial charge on any atom is 0.327 e. The molecule has 2 bridgehead atoms. The van der Waals surface area contributed by atoms with Crippen molar-refractivity contribution in [1.82, 2.24) is 20.6 Å². The first-order chi connectivity index (χ1) is 26.5. The number of hydrogen-bond donors (Lipinski definition) is 3. The smallest absolute Gasteiger partial charge is 0.327 e. The third-order valence-electron chi connectivity index (χ3n) is 11.2. The van der Waals surface area contributed by atoms with Crippen molar-refractivity contribution in [2.75, 3.05) is 27.2 Å². The summed E-state index contributed by atoms with van der Waals surface area (Å²) in [5.41, 5.74) is 1.42. The van der Waals surface area contributed by atoms with E-state index in [1.54, 1.807) is 43.4 Å². The summed E-state index contributed by atoms with van der Waals surface area (Å²) < 4.78 is 20.0. The van der Waals surface area contributed by atoms with Crippen molar-refractivity contribution in [1.29, 1.82) is 0 Å². The predicted molar refractivity (Wildman–Crippen MR) is 204 cm³/mol. The minimum absolute atomic E-state index is 0.107. The van der Waals surface area contributed by atoms with Gasteiger partial charge in [-0.05, 0) is 47.7 Å². The Kier molecular flexibility index (Phi) is 13.1. The zero-order valence-corrected chi connectivity index (χ0v) is 32.5. The van der Waals surface area contributed by atoms with Crippen molar-refractivity contribution in [2.45, 2.75) is 121 Å². The van der Waals surface area contributed by atoms with Crippen LogP contribution in [0.15, 0.2) is 54.6 Å². The van der Waals surface area contributed by atoms with Crippen LogP contribution in [0.2, 0.25) is 0 Å². The maximum atomic E-state index is 14.8. The largest absolute Gasteiger partial charge is 0.458 e. The number of amides is 3. The Hall–Kier alpha value is -4.14. The molecule has 1 saturated carbocycles. The number of carbonyl (C=O) groups is 4. The number of esters is 1. The summed E-state index contributed by atoms with van der Waals surface area (Å²) in [6.45, 7) is 4.57. The minimum Gasteiger partial charge on any atom is -0.458 e. The molecule has 3 N–H and O–H groups in total. The predicted octanol–water partition coefficient (Wildman–Crippen LogP) is 4.27. The number of rotatable bonds is 18. The van der Waals surface area contributed by atoms with E-state index in [1.807, 2.05) is 30.3 Å². The number of ether oxygens (including phenoxy) is 3. The summed E-state index contributed by atoms with van der Waals surface area (Å²) in [7, 11) is 3.39. The highest BCUT2D eigenvalue weighted by Crippen LogP contribution is 2.58. The van der Waals surface area contributed by atoms with Gasteiger partial charge in [-0.3, -0.25) is 24.0 Å². The summed E-state index contributed by atoms with van der Waals surface area (Å²) in [6, 6.07) is 13.5. The van der Waals surface area contributed by atoms with E-state index < -0.39 is 47.6 Å². The summed E-state index contributed by atoms with van der Waals surface area (Å²) in [5, 5.41) is 16.5. The molecule has 2 aromatic carbocycles. The Morgan fingerprint density at radius 1 is 0.945 bits per heavy atom. The van der Waals surface area contributed by atoms with Gasteiger partial charge in [0.1, 0.15) is 29.8 Å². The van der Waals surface area contributed by atoms with Crippen LogP contribution >= 0.6 is 0 Å². The molecule has 3 aliphatic heterocycles. The van der Waals surface area contributed by atoms with Crippen LogP contribution in [0.3, 0.4) is 0 Å². The second-order valence-electron chi connectivity index (χ2n) is 15.4. The van der Waals surface area contributed by atoms with Crippen LogP contribution in [0.25, 0.3) is 6.08 Å². The average molecular weight is 761 g/mol. The van der Waals surface area contributed by atoms with Crippen LogP contribution in [0.4, 0.5) is 0 Å². The molecular weight excluding hydrogens is 704 g/mol. The number of fused-ring (bicyclic) bond motifs is 4. The van der Waals surface area contributed by atoms with E-state index in [9.17, 15) is 19.2 Å². The fraction of sp³-hybridized carbons (Fsp3) is 0.571. The number of nitrogens with zero attached hydrogens (tertiary/aromatic N) is 2. The van der Waals surface area contributed by atoms with E-state index in [-0.39, 0.29) is 50.4 Å². The molecule has 6 atom stereocenters. The van der Waals surface area contributed by atoms with E-state index in [2.05, 4.69) is 24.5 Å². The van der Waals surface area contributed by atoms with Crippen molar-refractivity contribution in [3.8, 4) is 0 Å². The molecule has 2 aromatic rings. The lowest BCUT2D eigenvalue weighted by Crippen LogP contribution is -2.69. The Morgan fingerprint density at radius 3 is 2.33 bits per heavy atom. The number of likely N-dealkylation sites (N-methyl/N-ethyl adjacent to an activating group) is 1. The topological polar surface area (TPSA) is 156 Å². The first kappa shape index (κ1) is 40.5. The van der Waals surface area contributed by atoms with Gasteiger partial charge < -0.3 is 34.9 Å². The normalized spacial score (nSPS) is 26.4. The summed E-state index contributed by atoms with van der Waals surface area (Å²) in [4.78, 5) is 61.9. The van der Waals surface area contributed by atoms with Crippen molar-refractivity contribution >= 4 is 29.8 Å². The average Bonchev–Trinajstić information content (AvgIpc) is 3.74. The van der Waals surface area contributed by atoms with Gasteiger partial charge in [0, 0.05) is 58.1 Å². The van der Waals surface area contributed by atoms with Gasteiger partial charge in [0.15, 0.2) is 11.8 Å². The van der Waals surface area contributed by atoms with Crippen LogP contribution in [-0.4, -0.2) is 102 Å². The Labute approximate surface area is 323 Å². The number of hydrogen-bond acceptors (Lipinski definition) is 10. The standard InChI is InChI=1S/C42H56N4O9/c1-5-7-9-20-41(21-10-8-6-2)53-34-32-25-42(40(51)44-26-30-12-11-13-31(24-30)38(49)43-22-23-47)36(39(50)52-32)46(55-37(42)35(34)54-41)27-29-16-14-28(15-17-29)18-19-33(48)45(3)4/h11-19,24,32,34-37,47H,5-10,20-23,25-27H2,1-4H3,(H,43,49)(H,44,51)/t32-,34+,35+,36-,37-,42-/m1/s1. The molecule has 3 heterocycles. The summed E-state index contributed by atoms with van der Waals surface area (Å²) in [6.07, 6.45) is 8.05. The molecule has 6 rings (SSSR count). The number of nitrogens with one attached hydrogen (secondary N) is 2. The van der Waals surface area contributed by atoms with Crippen LogP contribution in [0, 0.1) is 5.41 Å². The lowest BCUT2D eigenvalue weighted by atomic mass is 9.62. The highest BCUT2D eigenvalue weighted by atomic mass is 16.8. The molecule has 3 saturated heterocycles. The zero-order valence-electron chi connectivity index (χ0n) is 32.5. The number of unbranched alkanes of at least 4 members (excludes halogenated alkanes) is 4. The van der Waals surface area contributed by atoms with E-state index in [0.29, 0.717) is 24.0 Å². The van der Waals surface area contributed by atoms with Gasteiger partial charge in [0.05, 0.1) is 13.2 Å². The minimum atomic E-state index is -1.35.